The average molecular weight is 292 g/mol. The SMILES string of the molecule is N#Cc1c(Cl)cccc1OC1CCOC2(CCCC2)C1. The monoisotopic (exact) mass is 291 g/mol. The van der Waals surface area contributed by atoms with Crippen LogP contribution in [0.5, 0.6) is 5.75 Å². The van der Waals surface area contributed by atoms with Crippen LogP contribution >= 0.6 is 11.6 Å². The van der Waals surface area contributed by atoms with Crippen molar-refractivity contribution in [3.63, 3.8) is 0 Å². The summed E-state index contributed by atoms with van der Waals surface area (Å²) in [6.07, 6.45) is 6.66. The minimum absolute atomic E-state index is 0.0221. The molecule has 1 heterocycles. The molecule has 3 rings (SSSR count). The molecule has 0 aromatic heterocycles. The van der Waals surface area contributed by atoms with Crippen LogP contribution in [-0.2, 0) is 4.74 Å². The topological polar surface area (TPSA) is 42.2 Å². The van der Waals surface area contributed by atoms with E-state index in [0.717, 1.165) is 32.3 Å². The number of nitrogens with zero attached hydrogens (tertiary/aromatic N) is 1. The second-order valence-corrected chi connectivity index (χ2v) is 6.10. The first-order chi connectivity index (χ1) is 9.72. The maximum absolute atomic E-state index is 9.19. The Morgan fingerprint density at radius 3 is 2.90 bits per heavy atom. The van der Waals surface area contributed by atoms with Crippen molar-refractivity contribution in [1.29, 1.82) is 5.26 Å². The number of hydrogen-bond acceptors (Lipinski definition) is 3. The Kier molecular flexibility index (Phi) is 3.87. The van der Waals surface area contributed by atoms with E-state index in [1.54, 1.807) is 6.07 Å². The van der Waals surface area contributed by atoms with Gasteiger partial charge in [-0.2, -0.15) is 5.26 Å². The molecule has 1 spiro atoms. The van der Waals surface area contributed by atoms with Crippen LogP contribution < -0.4 is 4.74 Å². The highest BCUT2D eigenvalue weighted by Gasteiger charge is 2.40. The van der Waals surface area contributed by atoms with Gasteiger partial charge in [0.2, 0.25) is 0 Å². The summed E-state index contributed by atoms with van der Waals surface area (Å²) in [6.45, 7) is 0.743. The molecule has 1 aliphatic heterocycles. The van der Waals surface area contributed by atoms with Gasteiger partial charge >= 0.3 is 0 Å². The Hall–Kier alpha value is -1.24. The van der Waals surface area contributed by atoms with E-state index in [2.05, 4.69) is 6.07 Å². The van der Waals surface area contributed by atoms with E-state index < -0.39 is 0 Å². The molecule has 0 amide bonds. The largest absolute Gasteiger partial charge is 0.489 e. The number of hydrogen-bond donors (Lipinski definition) is 0. The van der Waals surface area contributed by atoms with E-state index in [1.165, 1.54) is 12.8 Å². The summed E-state index contributed by atoms with van der Waals surface area (Å²) in [5.41, 5.74) is 0.454. The van der Waals surface area contributed by atoms with Crippen molar-refractivity contribution in [3.05, 3.63) is 28.8 Å². The fraction of sp³-hybridized carbons (Fsp3) is 0.562. The molecule has 1 aromatic rings. The maximum Gasteiger partial charge on any atom is 0.139 e. The summed E-state index contributed by atoms with van der Waals surface area (Å²) < 4.78 is 12.1. The van der Waals surface area contributed by atoms with Gasteiger partial charge in [0.15, 0.2) is 0 Å². The van der Waals surface area contributed by atoms with E-state index >= 15 is 0 Å². The van der Waals surface area contributed by atoms with E-state index in [9.17, 15) is 5.26 Å². The van der Waals surface area contributed by atoms with Crippen LogP contribution in [0.15, 0.2) is 18.2 Å². The fourth-order valence-corrected chi connectivity index (χ4v) is 3.55. The summed E-state index contributed by atoms with van der Waals surface area (Å²) in [7, 11) is 0. The molecule has 0 bridgehead atoms. The normalized spacial score (nSPS) is 24.5. The van der Waals surface area contributed by atoms with Gasteiger partial charge in [0.1, 0.15) is 23.5 Å². The van der Waals surface area contributed by atoms with Crippen molar-refractivity contribution in [1.82, 2.24) is 0 Å². The van der Waals surface area contributed by atoms with Crippen molar-refractivity contribution in [2.24, 2.45) is 0 Å². The minimum atomic E-state index is 0.0221. The molecule has 106 valence electrons. The second kappa shape index (κ2) is 5.63. The van der Waals surface area contributed by atoms with E-state index in [-0.39, 0.29) is 11.7 Å². The number of benzene rings is 1. The third-order valence-corrected chi connectivity index (χ3v) is 4.66. The zero-order valence-corrected chi connectivity index (χ0v) is 12.2. The van der Waals surface area contributed by atoms with Gasteiger partial charge in [0.25, 0.3) is 0 Å². The van der Waals surface area contributed by atoms with Gasteiger partial charge in [0, 0.05) is 12.8 Å². The van der Waals surface area contributed by atoms with Gasteiger partial charge in [-0.15, -0.1) is 0 Å². The van der Waals surface area contributed by atoms with Gasteiger partial charge in [-0.05, 0) is 25.0 Å². The summed E-state index contributed by atoms with van der Waals surface area (Å²) in [6, 6.07) is 7.49. The van der Waals surface area contributed by atoms with Crippen molar-refractivity contribution in [3.8, 4) is 11.8 Å². The standard InChI is InChI=1S/C16H18ClNO2/c17-14-4-3-5-15(13(14)11-18)20-12-6-9-19-16(10-12)7-1-2-8-16/h3-5,12H,1-2,6-10H2. The summed E-state index contributed by atoms with van der Waals surface area (Å²) >= 11 is 6.04. The number of rotatable bonds is 2. The maximum atomic E-state index is 9.19. The predicted molar refractivity (Wildman–Crippen MR) is 77.0 cm³/mol. The molecular weight excluding hydrogens is 274 g/mol. The van der Waals surface area contributed by atoms with Gasteiger partial charge in [-0.25, -0.2) is 0 Å². The van der Waals surface area contributed by atoms with Crippen LogP contribution in [-0.4, -0.2) is 18.3 Å². The van der Waals surface area contributed by atoms with Crippen LogP contribution in [0, 0.1) is 11.3 Å². The van der Waals surface area contributed by atoms with E-state index in [4.69, 9.17) is 21.1 Å². The Balaban J connectivity index is 1.75. The zero-order valence-electron chi connectivity index (χ0n) is 11.4. The van der Waals surface area contributed by atoms with Gasteiger partial charge < -0.3 is 9.47 Å². The lowest BCUT2D eigenvalue weighted by Crippen LogP contribution is -2.41. The van der Waals surface area contributed by atoms with Crippen molar-refractivity contribution in [2.45, 2.75) is 50.2 Å². The highest BCUT2D eigenvalue weighted by Crippen LogP contribution is 2.41. The molecule has 1 unspecified atom stereocenters. The molecule has 0 N–H and O–H groups in total. The molecule has 1 aromatic carbocycles. The van der Waals surface area contributed by atoms with Crippen LogP contribution in [0.4, 0.5) is 0 Å². The first kappa shape index (κ1) is 13.7. The summed E-state index contributed by atoms with van der Waals surface area (Å²) in [4.78, 5) is 0. The molecule has 20 heavy (non-hydrogen) atoms. The molecule has 1 saturated carbocycles. The highest BCUT2D eigenvalue weighted by molar-refractivity contribution is 6.31. The summed E-state index contributed by atoms with van der Waals surface area (Å²) in [5, 5.41) is 9.65. The van der Waals surface area contributed by atoms with Crippen LogP contribution in [0.3, 0.4) is 0 Å². The fourth-order valence-electron chi connectivity index (χ4n) is 3.34. The Bertz CT molecular complexity index is 532. The Morgan fingerprint density at radius 1 is 1.35 bits per heavy atom. The number of halogens is 1. The van der Waals surface area contributed by atoms with Crippen LogP contribution in [0.1, 0.15) is 44.1 Å². The van der Waals surface area contributed by atoms with Crippen molar-refractivity contribution < 1.29 is 9.47 Å². The van der Waals surface area contributed by atoms with Crippen LogP contribution in [0.25, 0.3) is 0 Å². The molecule has 1 saturated heterocycles. The van der Waals surface area contributed by atoms with Gasteiger partial charge in [0.05, 0.1) is 17.2 Å². The predicted octanol–water partition coefficient (Wildman–Crippen LogP) is 4.08. The lowest BCUT2D eigenvalue weighted by Gasteiger charge is -2.38. The summed E-state index contributed by atoms with van der Waals surface area (Å²) in [5.74, 6) is 0.597. The molecule has 1 atom stereocenters. The quantitative estimate of drug-likeness (QED) is 0.824. The van der Waals surface area contributed by atoms with Crippen molar-refractivity contribution >= 4 is 11.6 Å². The Morgan fingerprint density at radius 2 is 2.15 bits per heavy atom. The third-order valence-electron chi connectivity index (χ3n) is 4.34. The molecule has 0 radical (unpaired) electrons. The van der Waals surface area contributed by atoms with Crippen LogP contribution in [0.2, 0.25) is 5.02 Å². The average Bonchev–Trinajstić information content (AvgIpc) is 2.87. The van der Waals surface area contributed by atoms with Gasteiger partial charge in [-0.1, -0.05) is 30.5 Å². The molecule has 3 nitrogen and oxygen atoms in total. The van der Waals surface area contributed by atoms with Gasteiger partial charge in [-0.3, -0.25) is 0 Å². The molecule has 1 aliphatic carbocycles. The third kappa shape index (κ3) is 2.63. The number of ether oxygens (including phenoxy) is 2. The Labute approximate surface area is 124 Å². The highest BCUT2D eigenvalue weighted by atomic mass is 35.5. The minimum Gasteiger partial charge on any atom is -0.489 e. The van der Waals surface area contributed by atoms with E-state index in [1.807, 2.05) is 12.1 Å². The first-order valence-electron chi connectivity index (χ1n) is 7.22. The molecular formula is C16H18ClNO2. The zero-order chi connectivity index (χ0) is 14.0. The lowest BCUT2D eigenvalue weighted by atomic mass is 9.90. The van der Waals surface area contributed by atoms with Crippen molar-refractivity contribution in [2.75, 3.05) is 6.61 Å². The molecule has 4 heteroatoms. The molecule has 2 aliphatic rings. The second-order valence-electron chi connectivity index (χ2n) is 5.70. The first-order valence-corrected chi connectivity index (χ1v) is 7.59. The lowest BCUT2D eigenvalue weighted by molar-refractivity contribution is -0.108. The number of nitriles is 1. The smallest absolute Gasteiger partial charge is 0.139 e. The van der Waals surface area contributed by atoms with E-state index in [0.29, 0.717) is 16.3 Å². The molecule has 2 fully saturated rings.